The lowest BCUT2D eigenvalue weighted by Gasteiger charge is -2.16. The van der Waals surface area contributed by atoms with Gasteiger partial charge in [0, 0.05) is 0 Å². The highest BCUT2D eigenvalue weighted by atomic mass is 32.2. The number of carbonyl (C=O) groups excluding carboxylic acids is 3. The number of hydrogen-bond acceptors (Lipinski definition) is 6. The maximum Gasteiger partial charge on any atom is 0.337 e. The quantitative estimate of drug-likeness (QED) is 0.691. The lowest BCUT2D eigenvalue weighted by atomic mass is 10.1. The van der Waals surface area contributed by atoms with Crippen LogP contribution in [0.3, 0.4) is 0 Å². The molecule has 0 spiro atoms. The lowest BCUT2D eigenvalue weighted by Crippen LogP contribution is -2.44. The van der Waals surface area contributed by atoms with Gasteiger partial charge in [0.05, 0.1) is 12.7 Å². The molecule has 0 bridgehead atoms. The second-order valence-corrected chi connectivity index (χ2v) is 5.62. The molecule has 1 aromatic carbocycles. The number of hydrogen-bond donors (Lipinski definition) is 2. The van der Waals surface area contributed by atoms with E-state index in [1.54, 1.807) is 36.0 Å². The van der Waals surface area contributed by atoms with Crippen molar-refractivity contribution in [1.29, 1.82) is 0 Å². The Morgan fingerprint density at radius 1 is 1.26 bits per heavy atom. The Balaban J connectivity index is 2.58. The van der Waals surface area contributed by atoms with Crippen LogP contribution in [-0.2, 0) is 20.9 Å². The Labute approximate surface area is 138 Å². The summed E-state index contributed by atoms with van der Waals surface area (Å²) in [4.78, 5) is 34.3. The zero-order valence-corrected chi connectivity index (χ0v) is 13.9. The van der Waals surface area contributed by atoms with Crippen LogP contribution < -0.4 is 11.1 Å². The molecule has 0 aliphatic heterocycles. The van der Waals surface area contributed by atoms with Crippen LogP contribution in [0, 0.1) is 0 Å². The Bertz CT molecular complexity index is 547. The van der Waals surface area contributed by atoms with Crippen molar-refractivity contribution in [3.05, 3.63) is 35.4 Å². The SMILES string of the molecule is COC(=O)c1ccc(COC(=O)[C@@H](CCSC)NC(N)=O)cc1. The van der Waals surface area contributed by atoms with E-state index in [9.17, 15) is 14.4 Å². The zero-order chi connectivity index (χ0) is 17.2. The molecule has 23 heavy (non-hydrogen) atoms. The smallest absolute Gasteiger partial charge is 0.337 e. The molecule has 0 unspecified atom stereocenters. The van der Waals surface area contributed by atoms with E-state index in [4.69, 9.17) is 10.5 Å². The summed E-state index contributed by atoms with van der Waals surface area (Å²) in [6.07, 6.45) is 2.33. The van der Waals surface area contributed by atoms with E-state index >= 15 is 0 Å². The minimum Gasteiger partial charge on any atom is -0.465 e. The first-order valence-electron chi connectivity index (χ1n) is 6.86. The number of methoxy groups -OCH3 is 1. The minimum atomic E-state index is -0.769. The van der Waals surface area contributed by atoms with Gasteiger partial charge < -0.3 is 20.5 Å². The maximum atomic E-state index is 12.0. The molecule has 7 nitrogen and oxygen atoms in total. The van der Waals surface area contributed by atoms with E-state index in [-0.39, 0.29) is 6.61 Å². The zero-order valence-electron chi connectivity index (χ0n) is 13.0. The summed E-state index contributed by atoms with van der Waals surface area (Å²) in [5.41, 5.74) is 6.19. The van der Waals surface area contributed by atoms with E-state index in [0.717, 1.165) is 0 Å². The van der Waals surface area contributed by atoms with Crippen LogP contribution in [0.4, 0.5) is 4.79 Å². The standard InChI is InChI=1S/C15H20N2O5S/c1-21-13(18)11-5-3-10(4-6-11)9-22-14(19)12(7-8-23-2)17-15(16)20/h3-6,12H,7-9H2,1-2H3,(H3,16,17,20)/t12-/m1/s1. The van der Waals surface area contributed by atoms with Gasteiger partial charge in [-0.3, -0.25) is 0 Å². The molecule has 1 rings (SSSR count). The molecule has 0 saturated heterocycles. The van der Waals surface area contributed by atoms with Gasteiger partial charge in [0.1, 0.15) is 12.6 Å². The van der Waals surface area contributed by atoms with Crippen molar-refractivity contribution in [2.45, 2.75) is 19.1 Å². The number of benzene rings is 1. The van der Waals surface area contributed by atoms with Crippen molar-refractivity contribution in [2.75, 3.05) is 19.1 Å². The highest BCUT2D eigenvalue weighted by Crippen LogP contribution is 2.09. The van der Waals surface area contributed by atoms with Gasteiger partial charge in [-0.2, -0.15) is 11.8 Å². The molecule has 0 heterocycles. The van der Waals surface area contributed by atoms with Crippen molar-refractivity contribution in [1.82, 2.24) is 5.32 Å². The maximum absolute atomic E-state index is 12.0. The Morgan fingerprint density at radius 2 is 1.91 bits per heavy atom. The van der Waals surface area contributed by atoms with Crippen LogP contribution in [0.5, 0.6) is 0 Å². The van der Waals surface area contributed by atoms with Gasteiger partial charge >= 0.3 is 18.0 Å². The van der Waals surface area contributed by atoms with Gasteiger partial charge in [0.2, 0.25) is 0 Å². The fourth-order valence-corrected chi connectivity index (χ4v) is 2.24. The molecule has 1 atom stereocenters. The normalized spacial score (nSPS) is 11.4. The first kappa shape index (κ1) is 18.8. The number of rotatable bonds is 8. The Hall–Kier alpha value is -2.22. The third kappa shape index (κ3) is 6.60. The molecule has 0 radical (unpaired) electrons. The van der Waals surface area contributed by atoms with Gasteiger partial charge in [-0.15, -0.1) is 0 Å². The molecule has 2 amide bonds. The van der Waals surface area contributed by atoms with E-state index in [1.807, 2.05) is 6.26 Å². The number of nitrogens with two attached hydrogens (primary N) is 1. The average Bonchev–Trinajstić information content (AvgIpc) is 2.55. The first-order chi connectivity index (χ1) is 11.0. The number of carbonyl (C=O) groups is 3. The third-order valence-electron chi connectivity index (χ3n) is 2.97. The molecular formula is C15H20N2O5S. The van der Waals surface area contributed by atoms with Crippen molar-refractivity contribution in [3.63, 3.8) is 0 Å². The summed E-state index contributed by atoms with van der Waals surface area (Å²) < 4.78 is 9.78. The predicted octanol–water partition coefficient (Wildman–Crippen LogP) is 1.31. The van der Waals surface area contributed by atoms with Crippen molar-refractivity contribution in [3.8, 4) is 0 Å². The molecule has 0 aliphatic rings. The van der Waals surface area contributed by atoms with E-state index < -0.39 is 24.0 Å². The molecule has 0 fully saturated rings. The molecule has 126 valence electrons. The predicted molar refractivity (Wildman–Crippen MR) is 87.1 cm³/mol. The molecule has 8 heteroatoms. The van der Waals surface area contributed by atoms with Crippen molar-refractivity contribution in [2.24, 2.45) is 5.73 Å². The fraction of sp³-hybridized carbons (Fsp3) is 0.400. The van der Waals surface area contributed by atoms with Crippen LogP contribution in [0.15, 0.2) is 24.3 Å². The summed E-state index contributed by atoms with van der Waals surface area (Å²) >= 11 is 1.55. The van der Waals surface area contributed by atoms with Gasteiger partial charge in [-0.1, -0.05) is 12.1 Å². The van der Waals surface area contributed by atoms with Gasteiger partial charge in [-0.05, 0) is 36.1 Å². The van der Waals surface area contributed by atoms with Crippen LogP contribution in [0.25, 0.3) is 0 Å². The lowest BCUT2D eigenvalue weighted by molar-refractivity contribution is -0.147. The second-order valence-electron chi connectivity index (χ2n) is 4.64. The van der Waals surface area contributed by atoms with Crippen LogP contribution in [0.2, 0.25) is 0 Å². The third-order valence-corrected chi connectivity index (χ3v) is 3.61. The van der Waals surface area contributed by atoms with Crippen molar-refractivity contribution >= 4 is 29.7 Å². The van der Waals surface area contributed by atoms with Crippen molar-refractivity contribution < 1.29 is 23.9 Å². The Kier molecular flexibility index (Phi) is 7.96. The molecular weight excluding hydrogens is 320 g/mol. The number of urea groups is 1. The van der Waals surface area contributed by atoms with Crippen LogP contribution in [0.1, 0.15) is 22.3 Å². The number of amides is 2. The summed E-state index contributed by atoms with van der Waals surface area (Å²) in [7, 11) is 1.30. The van der Waals surface area contributed by atoms with Gasteiger partial charge in [-0.25, -0.2) is 14.4 Å². The molecule has 1 aromatic rings. The second kappa shape index (κ2) is 9.73. The van der Waals surface area contributed by atoms with E-state index in [0.29, 0.717) is 23.3 Å². The minimum absolute atomic E-state index is 0.0382. The summed E-state index contributed by atoms with van der Waals surface area (Å²) in [6, 6.07) is 4.96. The highest BCUT2D eigenvalue weighted by Gasteiger charge is 2.21. The number of primary amides is 1. The van der Waals surface area contributed by atoms with Gasteiger partial charge in [0.25, 0.3) is 0 Å². The number of thioether (sulfide) groups is 1. The average molecular weight is 340 g/mol. The number of esters is 2. The molecule has 3 N–H and O–H groups in total. The monoisotopic (exact) mass is 340 g/mol. The molecule has 0 aliphatic carbocycles. The largest absolute Gasteiger partial charge is 0.465 e. The number of nitrogens with one attached hydrogen (secondary N) is 1. The number of ether oxygens (including phenoxy) is 2. The highest BCUT2D eigenvalue weighted by molar-refractivity contribution is 7.98. The summed E-state index contributed by atoms with van der Waals surface area (Å²) in [6.45, 7) is 0.0382. The molecule has 0 saturated carbocycles. The van der Waals surface area contributed by atoms with E-state index in [2.05, 4.69) is 10.1 Å². The van der Waals surface area contributed by atoms with Crippen LogP contribution >= 0.6 is 11.8 Å². The Morgan fingerprint density at radius 3 is 2.43 bits per heavy atom. The summed E-state index contributed by atoms with van der Waals surface area (Å²) in [5.74, 6) is -0.292. The van der Waals surface area contributed by atoms with Gasteiger partial charge in [0.15, 0.2) is 0 Å². The summed E-state index contributed by atoms with van der Waals surface area (Å²) in [5, 5.41) is 2.37. The van der Waals surface area contributed by atoms with E-state index in [1.165, 1.54) is 7.11 Å². The molecule has 0 aromatic heterocycles. The fourth-order valence-electron chi connectivity index (χ4n) is 1.77. The first-order valence-corrected chi connectivity index (χ1v) is 8.26. The topological polar surface area (TPSA) is 108 Å². The van der Waals surface area contributed by atoms with Crippen LogP contribution in [-0.4, -0.2) is 43.1 Å².